The van der Waals surface area contributed by atoms with Crippen LogP contribution < -0.4 is 11.1 Å². The first kappa shape index (κ1) is 38.1. The van der Waals surface area contributed by atoms with Gasteiger partial charge in [0.1, 0.15) is 35.8 Å². The first-order valence-electron chi connectivity index (χ1n) is 17.3. The summed E-state index contributed by atoms with van der Waals surface area (Å²) in [5, 5.41) is 18.5. The largest absolute Gasteiger partial charge is 0.398 e. The van der Waals surface area contributed by atoms with Crippen LogP contribution in [0.15, 0.2) is 141 Å². The molecule has 0 spiro atoms. The summed E-state index contributed by atoms with van der Waals surface area (Å²) in [7, 11) is 0. The highest BCUT2D eigenvalue weighted by Gasteiger charge is 2.57. The quantitative estimate of drug-likeness (QED) is 0.0915. The van der Waals surface area contributed by atoms with Crippen LogP contribution in [-0.4, -0.2) is 34.8 Å². The molecule has 284 valence electrons. The van der Waals surface area contributed by atoms with E-state index >= 15 is 8.78 Å². The molecular weight excluding hydrogens is 740 g/mol. The van der Waals surface area contributed by atoms with Crippen LogP contribution >= 0.6 is 0 Å². The molecule has 0 saturated heterocycles. The van der Waals surface area contributed by atoms with Gasteiger partial charge in [-0.3, -0.25) is 15.0 Å². The molecule has 0 aliphatic rings. The number of halogens is 5. The van der Waals surface area contributed by atoms with Crippen molar-refractivity contribution < 1.29 is 27.1 Å². The molecular formula is C43H31F5N8O. The molecule has 4 aromatic heterocycles. The summed E-state index contributed by atoms with van der Waals surface area (Å²) >= 11 is 0. The molecule has 14 heteroatoms. The molecule has 57 heavy (non-hydrogen) atoms. The van der Waals surface area contributed by atoms with Crippen LogP contribution in [0.4, 0.5) is 27.6 Å². The lowest BCUT2D eigenvalue weighted by Crippen LogP contribution is -2.48. The third kappa shape index (κ3) is 8.38. The number of aliphatic hydroxyl groups is 1. The molecule has 0 radical (unpaired) electrons. The van der Waals surface area contributed by atoms with Gasteiger partial charge in [0.15, 0.2) is 5.60 Å². The number of hydrogen-bond donors (Lipinski definition) is 3. The Morgan fingerprint density at radius 2 is 1.47 bits per heavy atom. The zero-order valence-electron chi connectivity index (χ0n) is 29.8. The van der Waals surface area contributed by atoms with Crippen LogP contribution in [0, 0.1) is 29.3 Å². The number of nitrogens with two attached hydrogens (primary N) is 1. The number of alkyl halides is 2. The van der Waals surface area contributed by atoms with Gasteiger partial charge in [0.25, 0.3) is 0 Å². The van der Waals surface area contributed by atoms with E-state index in [4.69, 9.17) is 5.73 Å². The van der Waals surface area contributed by atoms with Gasteiger partial charge in [-0.15, -0.1) is 0 Å². The number of benzene rings is 3. The molecule has 0 saturated carbocycles. The van der Waals surface area contributed by atoms with E-state index in [-0.39, 0.29) is 5.82 Å². The van der Waals surface area contributed by atoms with E-state index in [1.54, 1.807) is 42.9 Å². The normalized spacial score (nSPS) is 12.9. The van der Waals surface area contributed by atoms with Crippen molar-refractivity contribution in [2.45, 2.75) is 24.6 Å². The van der Waals surface area contributed by atoms with Gasteiger partial charge in [0, 0.05) is 71.0 Å². The van der Waals surface area contributed by atoms with E-state index in [0.29, 0.717) is 46.3 Å². The number of nitrogens with one attached hydrogen (secondary N) is 1. The minimum absolute atomic E-state index is 0.307. The number of aromatic nitrogens is 6. The molecule has 1 unspecified atom stereocenters. The van der Waals surface area contributed by atoms with Crippen LogP contribution in [-0.2, 0) is 24.6 Å². The van der Waals surface area contributed by atoms with Crippen LogP contribution in [0.1, 0.15) is 44.8 Å². The summed E-state index contributed by atoms with van der Waals surface area (Å²) in [4.78, 5) is 16.3. The van der Waals surface area contributed by atoms with Gasteiger partial charge in [-0.05, 0) is 108 Å². The van der Waals surface area contributed by atoms with E-state index in [2.05, 4.69) is 42.2 Å². The fraction of sp³-hybridized carbons (Fsp3) is 0.0930. The molecule has 0 fully saturated rings. The SMILES string of the molecule is N/C(=C(/c1ccncc1)c1ccc(CNc2ccc(C#Cc3ccc(C(F)(F)C(O)(Cn4cncn4)c4ccc(F)cc4F)nc3)cc2)cn1)c1ccc(F)cc1. The summed E-state index contributed by atoms with van der Waals surface area (Å²) in [6.45, 7) is -0.439. The van der Waals surface area contributed by atoms with Gasteiger partial charge < -0.3 is 16.2 Å². The summed E-state index contributed by atoms with van der Waals surface area (Å²) in [5.41, 5.74) is 7.58. The smallest absolute Gasteiger partial charge is 0.323 e. The predicted molar refractivity (Wildman–Crippen MR) is 203 cm³/mol. The van der Waals surface area contributed by atoms with Crippen molar-refractivity contribution in [2.24, 2.45) is 5.73 Å². The first-order chi connectivity index (χ1) is 27.5. The molecule has 7 aromatic rings. The Hall–Kier alpha value is -7.24. The molecule has 0 amide bonds. The molecule has 0 aliphatic heterocycles. The maximum atomic E-state index is 16.1. The van der Waals surface area contributed by atoms with E-state index in [0.717, 1.165) is 58.5 Å². The second-order valence-electron chi connectivity index (χ2n) is 12.8. The minimum Gasteiger partial charge on any atom is -0.398 e. The number of nitrogens with zero attached hydrogens (tertiary/aromatic N) is 6. The van der Waals surface area contributed by atoms with E-state index in [9.17, 15) is 18.3 Å². The van der Waals surface area contributed by atoms with Crippen molar-refractivity contribution >= 4 is 17.0 Å². The zero-order valence-corrected chi connectivity index (χ0v) is 29.8. The van der Waals surface area contributed by atoms with Crippen molar-refractivity contribution in [1.82, 2.24) is 29.7 Å². The lowest BCUT2D eigenvalue weighted by molar-refractivity contribution is -0.207. The third-order valence-corrected chi connectivity index (χ3v) is 9.05. The fourth-order valence-electron chi connectivity index (χ4n) is 6.02. The summed E-state index contributed by atoms with van der Waals surface area (Å²) < 4.78 is 75.1. The summed E-state index contributed by atoms with van der Waals surface area (Å²) in [6.07, 6.45) is 8.35. The molecule has 0 bridgehead atoms. The maximum absolute atomic E-state index is 16.1. The molecule has 4 heterocycles. The van der Waals surface area contributed by atoms with Crippen molar-refractivity contribution in [1.29, 1.82) is 0 Å². The Balaban J connectivity index is 1.02. The highest BCUT2D eigenvalue weighted by Crippen LogP contribution is 2.46. The van der Waals surface area contributed by atoms with Crippen molar-refractivity contribution in [3.8, 4) is 11.8 Å². The lowest BCUT2D eigenvalue weighted by Gasteiger charge is -2.35. The van der Waals surface area contributed by atoms with E-state index in [1.165, 1.54) is 18.2 Å². The van der Waals surface area contributed by atoms with Crippen LogP contribution in [0.3, 0.4) is 0 Å². The van der Waals surface area contributed by atoms with Crippen LogP contribution in [0.2, 0.25) is 0 Å². The van der Waals surface area contributed by atoms with Gasteiger partial charge >= 0.3 is 5.92 Å². The minimum atomic E-state index is -4.16. The molecule has 3 aromatic carbocycles. The Morgan fingerprint density at radius 3 is 2.12 bits per heavy atom. The van der Waals surface area contributed by atoms with E-state index < -0.39 is 41.0 Å². The van der Waals surface area contributed by atoms with Crippen molar-refractivity contribution in [3.63, 3.8) is 0 Å². The highest BCUT2D eigenvalue weighted by molar-refractivity contribution is 5.96. The molecule has 7 rings (SSSR count). The first-order valence-corrected chi connectivity index (χ1v) is 17.3. The Kier molecular flexibility index (Phi) is 10.8. The Labute approximate surface area is 323 Å². The molecule has 9 nitrogen and oxygen atoms in total. The van der Waals surface area contributed by atoms with Gasteiger partial charge in [-0.2, -0.15) is 13.9 Å². The average molecular weight is 771 g/mol. The number of anilines is 1. The fourth-order valence-corrected chi connectivity index (χ4v) is 6.02. The second kappa shape index (κ2) is 16.2. The van der Waals surface area contributed by atoms with Gasteiger partial charge in [-0.1, -0.05) is 17.9 Å². The van der Waals surface area contributed by atoms with Gasteiger partial charge in [0.05, 0.1) is 12.2 Å². The maximum Gasteiger partial charge on any atom is 0.323 e. The Morgan fingerprint density at radius 1 is 0.754 bits per heavy atom. The van der Waals surface area contributed by atoms with Crippen LogP contribution in [0.25, 0.3) is 11.3 Å². The molecule has 1 atom stereocenters. The monoisotopic (exact) mass is 770 g/mol. The average Bonchev–Trinajstić information content (AvgIpc) is 3.74. The highest BCUT2D eigenvalue weighted by atomic mass is 19.3. The second-order valence-corrected chi connectivity index (χ2v) is 12.8. The van der Waals surface area contributed by atoms with E-state index in [1.807, 2.05) is 36.4 Å². The Bertz CT molecular complexity index is 2560. The van der Waals surface area contributed by atoms with Crippen LogP contribution in [0.5, 0.6) is 0 Å². The predicted octanol–water partition coefficient (Wildman–Crippen LogP) is 7.45. The number of rotatable bonds is 11. The molecule has 4 N–H and O–H groups in total. The number of hydrogen-bond acceptors (Lipinski definition) is 8. The van der Waals surface area contributed by atoms with Crippen molar-refractivity contribution in [2.75, 3.05) is 5.32 Å². The molecule has 0 aliphatic carbocycles. The zero-order chi connectivity index (χ0) is 40.0. The van der Waals surface area contributed by atoms with Crippen molar-refractivity contribution in [3.05, 3.63) is 203 Å². The third-order valence-electron chi connectivity index (χ3n) is 9.05. The topological polar surface area (TPSA) is 128 Å². The van der Waals surface area contributed by atoms with Gasteiger partial charge in [-0.25, -0.2) is 22.8 Å². The number of pyridine rings is 3. The summed E-state index contributed by atoms with van der Waals surface area (Å²) in [5.74, 6) is -1.03. The summed E-state index contributed by atoms with van der Waals surface area (Å²) in [6, 6.07) is 24.9. The van der Waals surface area contributed by atoms with Gasteiger partial charge in [0.2, 0.25) is 0 Å². The lowest BCUT2D eigenvalue weighted by atomic mass is 9.84. The standard InChI is InChI=1S/C43H31F5N8O/c44-33-9-7-32(8-10-33)41(49)40(31-17-19-50-20-18-31)38-15-5-30(24-53-38)23-52-35-12-3-28(4-13-35)1-2-29-6-16-39(54-22-29)43(47,48)42(57,25-56-27-51-26-55-56)36-14-11-34(45)21-37(36)46/h3-22,24,26-27,52,57H,23,25,49H2/b41-40-.